The van der Waals surface area contributed by atoms with Crippen molar-refractivity contribution in [2.75, 3.05) is 0 Å². The molecular weight excluding hydrogens is 546 g/mol. The summed E-state index contributed by atoms with van der Waals surface area (Å²) in [7, 11) is 0. The van der Waals surface area contributed by atoms with Gasteiger partial charge in [-0.05, 0) is 62.7 Å². The number of benzene rings is 5. The monoisotopic (exact) mass is 577 g/mol. The van der Waals surface area contributed by atoms with Crippen LogP contribution in [0.4, 0.5) is 0 Å². The number of pyridine rings is 1. The van der Waals surface area contributed by atoms with Crippen LogP contribution in [0.3, 0.4) is 0 Å². The Morgan fingerprint density at radius 1 is 0.444 bits per heavy atom. The van der Waals surface area contributed by atoms with E-state index in [9.17, 15) is 0 Å². The average Bonchev–Trinajstić information content (AvgIpc) is 3.35. The summed E-state index contributed by atoms with van der Waals surface area (Å²) in [5.41, 5.74) is 14.9. The first kappa shape index (κ1) is 26.9. The van der Waals surface area contributed by atoms with Crippen molar-refractivity contribution in [3.05, 3.63) is 163 Å². The van der Waals surface area contributed by atoms with Crippen molar-refractivity contribution in [3.63, 3.8) is 0 Å². The number of hydrogen-bond donors (Lipinski definition) is 0. The number of rotatable bonds is 5. The first-order valence-corrected chi connectivity index (χ1v) is 15.4. The van der Waals surface area contributed by atoms with Gasteiger partial charge < -0.3 is 0 Å². The van der Waals surface area contributed by atoms with E-state index in [1.54, 1.807) is 6.20 Å². The standard InChI is InChI=1S/C42H31N3/c1-42(2)36-15-7-6-13-35(36)40-34(14-8-16-37(40)42)30-19-21-31(22-20-30)38-26-39(33-12-9-25-43-27-33)45-41(44-38)32-23-17-29(18-24-32)28-10-4-3-5-11-28/h3-27H,1-2H3. The summed E-state index contributed by atoms with van der Waals surface area (Å²) >= 11 is 0. The Hall–Kier alpha value is -5.67. The van der Waals surface area contributed by atoms with Crippen molar-refractivity contribution in [2.45, 2.75) is 19.3 Å². The van der Waals surface area contributed by atoms with Crippen LogP contribution in [0.15, 0.2) is 152 Å². The molecule has 214 valence electrons. The largest absolute Gasteiger partial charge is 0.264 e. The fraction of sp³-hybridized carbons (Fsp3) is 0.0714. The normalized spacial score (nSPS) is 12.8. The molecule has 1 aliphatic carbocycles. The topological polar surface area (TPSA) is 38.7 Å². The van der Waals surface area contributed by atoms with Gasteiger partial charge in [-0.3, -0.25) is 4.98 Å². The van der Waals surface area contributed by atoms with Gasteiger partial charge in [0.25, 0.3) is 0 Å². The summed E-state index contributed by atoms with van der Waals surface area (Å²) < 4.78 is 0. The third-order valence-electron chi connectivity index (χ3n) is 9.03. The van der Waals surface area contributed by atoms with Crippen LogP contribution in [0.25, 0.3) is 67.3 Å². The average molecular weight is 578 g/mol. The molecule has 0 saturated heterocycles. The maximum absolute atomic E-state index is 5.08. The van der Waals surface area contributed by atoms with Gasteiger partial charge in [0.2, 0.25) is 0 Å². The summed E-state index contributed by atoms with van der Waals surface area (Å²) in [6.45, 7) is 4.65. The van der Waals surface area contributed by atoms with Gasteiger partial charge in [0.1, 0.15) is 0 Å². The summed E-state index contributed by atoms with van der Waals surface area (Å²) in [6.07, 6.45) is 3.64. The van der Waals surface area contributed by atoms with Crippen molar-refractivity contribution in [1.29, 1.82) is 0 Å². The van der Waals surface area contributed by atoms with Gasteiger partial charge in [0.15, 0.2) is 5.82 Å². The Labute approximate surface area is 264 Å². The lowest BCUT2D eigenvalue weighted by molar-refractivity contribution is 0.660. The third kappa shape index (κ3) is 4.74. The second-order valence-electron chi connectivity index (χ2n) is 12.1. The minimum atomic E-state index is -0.0266. The van der Waals surface area contributed by atoms with E-state index in [4.69, 9.17) is 9.97 Å². The number of fused-ring (bicyclic) bond motifs is 3. The molecule has 0 amide bonds. The quantitative estimate of drug-likeness (QED) is 0.204. The molecule has 5 aromatic carbocycles. The van der Waals surface area contributed by atoms with Crippen LogP contribution in [0.2, 0.25) is 0 Å². The molecule has 0 aliphatic heterocycles. The van der Waals surface area contributed by atoms with Crippen molar-refractivity contribution in [1.82, 2.24) is 15.0 Å². The highest BCUT2D eigenvalue weighted by molar-refractivity contribution is 5.92. The van der Waals surface area contributed by atoms with Crippen molar-refractivity contribution in [2.24, 2.45) is 0 Å². The van der Waals surface area contributed by atoms with Gasteiger partial charge >= 0.3 is 0 Å². The van der Waals surface area contributed by atoms with Crippen LogP contribution >= 0.6 is 0 Å². The minimum Gasteiger partial charge on any atom is -0.264 e. The van der Waals surface area contributed by atoms with Crippen LogP contribution in [0.1, 0.15) is 25.0 Å². The zero-order chi connectivity index (χ0) is 30.4. The highest BCUT2D eigenvalue weighted by Crippen LogP contribution is 2.51. The van der Waals surface area contributed by atoms with Gasteiger partial charge in [-0.25, -0.2) is 9.97 Å². The Bertz CT molecular complexity index is 2150. The van der Waals surface area contributed by atoms with E-state index in [0.29, 0.717) is 5.82 Å². The lowest BCUT2D eigenvalue weighted by Gasteiger charge is -2.21. The molecule has 0 atom stereocenters. The minimum absolute atomic E-state index is 0.0266. The molecule has 1 aliphatic rings. The highest BCUT2D eigenvalue weighted by atomic mass is 14.9. The van der Waals surface area contributed by atoms with E-state index in [-0.39, 0.29) is 5.41 Å². The Morgan fingerprint density at radius 2 is 1.02 bits per heavy atom. The molecule has 0 saturated carbocycles. The smallest absolute Gasteiger partial charge is 0.160 e. The highest BCUT2D eigenvalue weighted by Gasteiger charge is 2.36. The molecule has 0 fully saturated rings. The van der Waals surface area contributed by atoms with Gasteiger partial charge in [-0.15, -0.1) is 0 Å². The molecule has 2 aromatic heterocycles. The lowest BCUT2D eigenvalue weighted by Crippen LogP contribution is -2.14. The predicted octanol–water partition coefficient (Wildman–Crippen LogP) is 10.5. The molecule has 0 radical (unpaired) electrons. The van der Waals surface area contributed by atoms with E-state index in [0.717, 1.165) is 33.6 Å². The number of aromatic nitrogens is 3. The van der Waals surface area contributed by atoms with Crippen LogP contribution in [-0.2, 0) is 5.41 Å². The maximum Gasteiger partial charge on any atom is 0.160 e. The van der Waals surface area contributed by atoms with Gasteiger partial charge in [-0.2, -0.15) is 0 Å². The molecule has 0 spiro atoms. The van der Waals surface area contributed by atoms with Crippen molar-refractivity contribution < 1.29 is 0 Å². The molecule has 3 heteroatoms. The molecule has 0 N–H and O–H groups in total. The summed E-state index contributed by atoms with van der Waals surface area (Å²) in [6, 6.07) is 49.3. The molecule has 0 bridgehead atoms. The first-order valence-electron chi connectivity index (χ1n) is 15.4. The third-order valence-corrected chi connectivity index (χ3v) is 9.03. The van der Waals surface area contributed by atoms with Crippen LogP contribution < -0.4 is 0 Å². The van der Waals surface area contributed by atoms with Gasteiger partial charge in [0, 0.05) is 34.5 Å². The molecule has 3 nitrogen and oxygen atoms in total. The molecular formula is C42H31N3. The number of nitrogens with zero attached hydrogens (tertiary/aromatic N) is 3. The van der Waals surface area contributed by atoms with Gasteiger partial charge in [-0.1, -0.05) is 135 Å². The van der Waals surface area contributed by atoms with Crippen LogP contribution in [0, 0.1) is 0 Å². The summed E-state index contributed by atoms with van der Waals surface area (Å²) in [5.74, 6) is 0.690. The second-order valence-corrected chi connectivity index (χ2v) is 12.1. The predicted molar refractivity (Wildman–Crippen MR) is 185 cm³/mol. The van der Waals surface area contributed by atoms with Crippen molar-refractivity contribution in [3.8, 4) is 67.3 Å². The lowest BCUT2D eigenvalue weighted by atomic mass is 9.82. The Balaban J connectivity index is 1.20. The fourth-order valence-corrected chi connectivity index (χ4v) is 6.64. The van der Waals surface area contributed by atoms with E-state index in [2.05, 4.69) is 140 Å². The summed E-state index contributed by atoms with van der Waals surface area (Å²) in [5, 5.41) is 0. The second kappa shape index (κ2) is 10.8. The Kier molecular flexibility index (Phi) is 6.46. The van der Waals surface area contributed by atoms with Crippen LogP contribution in [0.5, 0.6) is 0 Å². The van der Waals surface area contributed by atoms with E-state index in [1.807, 2.05) is 24.4 Å². The number of hydrogen-bond acceptors (Lipinski definition) is 3. The van der Waals surface area contributed by atoms with E-state index in [1.165, 1.54) is 38.9 Å². The van der Waals surface area contributed by atoms with E-state index >= 15 is 0 Å². The fourth-order valence-electron chi connectivity index (χ4n) is 6.64. The Morgan fingerprint density at radius 3 is 1.78 bits per heavy atom. The van der Waals surface area contributed by atoms with Gasteiger partial charge in [0.05, 0.1) is 11.4 Å². The van der Waals surface area contributed by atoms with Crippen LogP contribution in [-0.4, -0.2) is 15.0 Å². The molecule has 45 heavy (non-hydrogen) atoms. The van der Waals surface area contributed by atoms with Crippen molar-refractivity contribution >= 4 is 0 Å². The molecule has 0 unspecified atom stereocenters. The first-order chi connectivity index (χ1) is 22.1. The molecule has 8 rings (SSSR count). The van der Waals surface area contributed by atoms with E-state index < -0.39 is 0 Å². The maximum atomic E-state index is 5.08. The zero-order valence-corrected chi connectivity index (χ0v) is 25.3. The molecule has 7 aromatic rings. The SMILES string of the molecule is CC1(C)c2ccccc2-c2c(-c3ccc(-c4cc(-c5cccnc5)nc(-c5ccc(-c6ccccc6)cc5)n4)cc3)cccc21. The summed E-state index contributed by atoms with van der Waals surface area (Å²) in [4.78, 5) is 14.4. The zero-order valence-electron chi connectivity index (χ0n) is 25.3. The molecule has 2 heterocycles.